The zero-order valence-electron chi connectivity index (χ0n) is 8.67. The summed E-state index contributed by atoms with van der Waals surface area (Å²) in [5, 5.41) is 0.151. The van der Waals surface area contributed by atoms with Crippen molar-refractivity contribution >= 4 is 9.84 Å². The predicted molar refractivity (Wildman–Crippen MR) is 60.4 cm³/mol. The molecule has 0 unspecified atom stereocenters. The van der Waals surface area contributed by atoms with E-state index in [4.69, 9.17) is 4.74 Å². The summed E-state index contributed by atoms with van der Waals surface area (Å²) in [7, 11) is -3.21. The van der Waals surface area contributed by atoms with Gasteiger partial charge in [0, 0.05) is 12.3 Å². The second-order valence-corrected chi connectivity index (χ2v) is 5.36. The molecule has 0 amide bonds. The minimum atomic E-state index is -3.21. The smallest absolute Gasteiger partial charge is 0.198 e. The summed E-state index contributed by atoms with van der Waals surface area (Å²) in [6.45, 7) is 0. The minimum absolute atomic E-state index is 0.151. The highest BCUT2D eigenvalue weighted by Gasteiger charge is 2.10. The van der Waals surface area contributed by atoms with Crippen molar-refractivity contribution in [1.82, 2.24) is 4.98 Å². The molecule has 2 aromatic rings. The van der Waals surface area contributed by atoms with Crippen LogP contribution in [0, 0.1) is 0 Å². The van der Waals surface area contributed by atoms with E-state index in [9.17, 15) is 8.42 Å². The SMILES string of the molecule is CS(=O)(=O)c1ccc(Oc2ccccc2)[nH]1. The average molecular weight is 237 g/mol. The topological polar surface area (TPSA) is 59.2 Å². The third-order valence-electron chi connectivity index (χ3n) is 2.00. The van der Waals surface area contributed by atoms with Gasteiger partial charge < -0.3 is 9.72 Å². The molecule has 0 bridgehead atoms. The van der Waals surface area contributed by atoms with Crippen LogP contribution >= 0.6 is 0 Å². The highest BCUT2D eigenvalue weighted by molar-refractivity contribution is 7.90. The van der Waals surface area contributed by atoms with Crippen LogP contribution in [0.2, 0.25) is 0 Å². The summed E-state index contributed by atoms with van der Waals surface area (Å²) in [5.74, 6) is 1.07. The van der Waals surface area contributed by atoms with Gasteiger partial charge in [0.25, 0.3) is 0 Å². The molecular formula is C11H11NO3S. The van der Waals surface area contributed by atoms with Gasteiger partial charge in [-0.3, -0.25) is 0 Å². The largest absolute Gasteiger partial charge is 0.441 e. The molecule has 0 atom stereocenters. The van der Waals surface area contributed by atoms with Crippen molar-refractivity contribution in [2.45, 2.75) is 5.03 Å². The van der Waals surface area contributed by atoms with Gasteiger partial charge in [0.2, 0.25) is 0 Å². The minimum Gasteiger partial charge on any atom is -0.441 e. The Labute approximate surface area is 93.8 Å². The summed E-state index contributed by atoms with van der Waals surface area (Å²) in [5.41, 5.74) is 0. The predicted octanol–water partition coefficient (Wildman–Crippen LogP) is 2.21. The first-order chi connectivity index (χ1) is 7.55. The van der Waals surface area contributed by atoms with Gasteiger partial charge in [-0.25, -0.2) is 8.42 Å². The summed E-state index contributed by atoms with van der Waals surface area (Å²) in [6, 6.07) is 12.2. The Morgan fingerprint density at radius 3 is 2.31 bits per heavy atom. The molecule has 2 rings (SSSR count). The number of aromatic nitrogens is 1. The van der Waals surface area contributed by atoms with Crippen LogP contribution in [0.25, 0.3) is 0 Å². The maximum Gasteiger partial charge on any atom is 0.198 e. The lowest BCUT2D eigenvalue weighted by molar-refractivity contribution is 0.462. The maximum absolute atomic E-state index is 11.2. The Morgan fingerprint density at radius 2 is 1.75 bits per heavy atom. The molecule has 0 fully saturated rings. The van der Waals surface area contributed by atoms with E-state index < -0.39 is 9.84 Å². The van der Waals surface area contributed by atoms with Crippen molar-refractivity contribution in [3.05, 3.63) is 42.5 Å². The normalized spacial score (nSPS) is 11.3. The van der Waals surface area contributed by atoms with Crippen LogP contribution in [0.5, 0.6) is 11.6 Å². The van der Waals surface area contributed by atoms with E-state index in [2.05, 4.69) is 4.98 Å². The molecule has 1 aromatic carbocycles. The molecule has 1 aromatic heterocycles. The lowest BCUT2D eigenvalue weighted by Gasteiger charge is -2.01. The van der Waals surface area contributed by atoms with Crippen molar-refractivity contribution in [2.24, 2.45) is 0 Å². The molecule has 4 nitrogen and oxygen atoms in total. The van der Waals surface area contributed by atoms with Crippen LogP contribution in [-0.2, 0) is 9.84 Å². The van der Waals surface area contributed by atoms with E-state index in [-0.39, 0.29) is 5.03 Å². The average Bonchev–Trinajstić information content (AvgIpc) is 2.67. The zero-order valence-corrected chi connectivity index (χ0v) is 9.49. The Morgan fingerprint density at radius 1 is 1.06 bits per heavy atom. The van der Waals surface area contributed by atoms with Gasteiger partial charge in [-0.1, -0.05) is 18.2 Å². The zero-order chi connectivity index (χ0) is 11.6. The third-order valence-corrected chi connectivity index (χ3v) is 3.04. The van der Waals surface area contributed by atoms with E-state index in [1.54, 1.807) is 18.2 Å². The van der Waals surface area contributed by atoms with Crippen molar-refractivity contribution in [1.29, 1.82) is 0 Å². The number of hydrogen-bond donors (Lipinski definition) is 1. The number of ether oxygens (including phenoxy) is 1. The highest BCUT2D eigenvalue weighted by atomic mass is 32.2. The molecule has 0 aliphatic heterocycles. The number of hydrogen-bond acceptors (Lipinski definition) is 3. The Kier molecular flexibility index (Phi) is 2.70. The molecule has 0 saturated heterocycles. The van der Waals surface area contributed by atoms with E-state index in [0.29, 0.717) is 11.6 Å². The van der Waals surface area contributed by atoms with Crippen LogP contribution < -0.4 is 4.74 Å². The third kappa shape index (κ3) is 2.43. The van der Waals surface area contributed by atoms with Gasteiger partial charge in [-0.2, -0.15) is 0 Å². The van der Waals surface area contributed by atoms with Crippen LogP contribution in [0.1, 0.15) is 0 Å². The Balaban J connectivity index is 2.22. The first kappa shape index (κ1) is 10.8. The number of nitrogens with one attached hydrogen (secondary N) is 1. The van der Waals surface area contributed by atoms with Gasteiger partial charge in [-0.05, 0) is 18.2 Å². The van der Waals surface area contributed by atoms with Crippen molar-refractivity contribution < 1.29 is 13.2 Å². The number of aromatic amines is 1. The second kappa shape index (κ2) is 4.02. The molecule has 1 N–H and O–H groups in total. The van der Waals surface area contributed by atoms with E-state index in [0.717, 1.165) is 6.26 Å². The summed E-state index contributed by atoms with van der Waals surface area (Å²) in [4.78, 5) is 2.69. The van der Waals surface area contributed by atoms with Gasteiger partial charge in [0.05, 0.1) is 0 Å². The van der Waals surface area contributed by atoms with Crippen LogP contribution in [0.4, 0.5) is 0 Å². The summed E-state index contributed by atoms with van der Waals surface area (Å²) in [6.07, 6.45) is 1.14. The quantitative estimate of drug-likeness (QED) is 0.890. The van der Waals surface area contributed by atoms with Gasteiger partial charge in [0.1, 0.15) is 10.8 Å². The number of rotatable bonds is 3. The molecule has 84 valence electrons. The first-order valence-electron chi connectivity index (χ1n) is 4.68. The summed E-state index contributed by atoms with van der Waals surface area (Å²) < 4.78 is 27.9. The number of H-pyrrole nitrogens is 1. The van der Waals surface area contributed by atoms with Gasteiger partial charge >= 0.3 is 0 Å². The lowest BCUT2D eigenvalue weighted by Crippen LogP contribution is -1.96. The van der Waals surface area contributed by atoms with Crippen LogP contribution in [-0.4, -0.2) is 19.7 Å². The molecule has 0 aliphatic rings. The Hall–Kier alpha value is -1.75. The molecule has 0 saturated carbocycles. The van der Waals surface area contributed by atoms with E-state index in [1.807, 2.05) is 18.2 Å². The van der Waals surface area contributed by atoms with Crippen molar-refractivity contribution in [3.63, 3.8) is 0 Å². The number of para-hydroxylation sites is 1. The maximum atomic E-state index is 11.2. The fraction of sp³-hybridized carbons (Fsp3) is 0.0909. The lowest BCUT2D eigenvalue weighted by atomic mass is 10.3. The van der Waals surface area contributed by atoms with Crippen LogP contribution in [0.15, 0.2) is 47.5 Å². The fourth-order valence-corrected chi connectivity index (χ4v) is 1.85. The first-order valence-corrected chi connectivity index (χ1v) is 6.57. The molecule has 0 radical (unpaired) electrons. The molecule has 0 aliphatic carbocycles. The molecule has 0 spiro atoms. The van der Waals surface area contributed by atoms with Crippen LogP contribution in [0.3, 0.4) is 0 Å². The number of sulfone groups is 1. The Bertz CT molecular complexity index is 572. The standard InChI is InChI=1S/C11H11NO3S/c1-16(13,14)11-8-7-10(12-11)15-9-5-3-2-4-6-9/h2-8,12H,1H3. The van der Waals surface area contributed by atoms with E-state index >= 15 is 0 Å². The molecule has 16 heavy (non-hydrogen) atoms. The van der Waals surface area contributed by atoms with Gasteiger partial charge in [0.15, 0.2) is 15.7 Å². The van der Waals surface area contributed by atoms with Crippen molar-refractivity contribution in [2.75, 3.05) is 6.26 Å². The summed E-state index contributed by atoms with van der Waals surface area (Å²) >= 11 is 0. The van der Waals surface area contributed by atoms with Crippen molar-refractivity contribution in [3.8, 4) is 11.6 Å². The monoisotopic (exact) mass is 237 g/mol. The van der Waals surface area contributed by atoms with Gasteiger partial charge in [-0.15, -0.1) is 0 Å². The van der Waals surface area contributed by atoms with E-state index in [1.165, 1.54) is 6.07 Å². The molecule has 1 heterocycles. The number of benzene rings is 1. The highest BCUT2D eigenvalue weighted by Crippen LogP contribution is 2.21. The fourth-order valence-electron chi connectivity index (χ4n) is 1.25. The molecule has 5 heteroatoms. The molecular weight excluding hydrogens is 226 g/mol. The second-order valence-electron chi connectivity index (χ2n) is 3.37.